The number of amides is 10. The highest BCUT2D eigenvalue weighted by Gasteiger charge is 2.38. The largest absolute Gasteiger partial charge is 0.508 e. The number of aromatic nitrogens is 1. The number of phenols is 1. The van der Waals surface area contributed by atoms with E-state index in [2.05, 4.69) is 60.1 Å². The van der Waals surface area contributed by atoms with Gasteiger partial charge in [-0.15, -0.1) is 0 Å². The number of carbonyl (C=O) groups is 11. The molecule has 0 bridgehead atoms. The van der Waals surface area contributed by atoms with E-state index >= 15 is 0 Å². The summed E-state index contributed by atoms with van der Waals surface area (Å²) in [4.78, 5) is 150. The zero-order chi connectivity index (χ0) is 65.6. The van der Waals surface area contributed by atoms with Crippen molar-refractivity contribution in [2.75, 3.05) is 50.5 Å². The molecule has 28 nitrogen and oxygen atoms in total. The predicted octanol–water partition coefficient (Wildman–Crippen LogP) is -2.54. The standard InChI is InChI=1S/C59H84N14O14S2/c1-34(74)51(72-54(81)43(17-9-11-24-61)69-55(82)45(28-37-29-64-41-15-7-6-14-39(37)41)71-53(80)40(62)26-36-18-20-38(75)21-19-36)58(85)73(2)47(27-35-12-4-3-5-13-35)57(84)70-44(59(86)87)22-25-89-33-50(78)66-30-48(76)65-31-49(77)67-46(32-88)56(83)68-42(52(63)79)16-8-10-23-60/h3-7,12-15,18-21,29,34,40,42-47,51,64,74-75,88H,8-11,16-17,22-28,30-33,60-62H2,1-2H3,(H2,63,79)(H,65,76)(H,66,78)(H,67,77)(H,68,83)(H,69,82)(H,70,84)(H,71,80)(H,72,81)(H,86,87)/t34-,40+,42+,43+,44+,45-,46+,47+,51+/m1/s1. The first-order valence-corrected chi connectivity index (χ1v) is 30.8. The third-order valence-corrected chi connectivity index (χ3v) is 15.6. The van der Waals surface area contributed by atoms with Gasteiger partial charge in [-0.2, -0.15) is 24.4 Å². The molecule has 4 rings (SSSR count). The SMILES string of the molecule is C[C@@H](O)[C@H](NC(=O)[C@H](CCCCN)NC(=O)[C@@H](Cc1c[nH]c2ccccc12)NC(=O)[C@@H](N)Cc1ccc(O)cc1)C(=O)N(C)[C@@H](Cc1ccccc1)C(=O)N[C@@H](CCSCC(=O)NCC(=O)NCC(=O)N[C@@H](CS)C(=O)N[C@@H](CCCCN)C(N)=O)C(=O)O. The second kappa shape index (κ2) is 38.2. The molecule has 0 unspecified atom stereocenters. The van der Waals surface area contributed by atoms with Crippen molar-refractivity contribution in [2.24, 2.45) is 22.9 Å². The first kappa shape index (κ1) is 73.2. The van der Waals surface area contributed by atoms with Gasteiger partial charge in [-0.05, 0) is 112 Å². The highest BCUT2D eigenvalue weighted by molar-refractivity contribution is 7.99. The Bertz CT molecular complexity index is 3010. The number of benzene rings is 3. The maximum absolute atomic E-state index is 14.6. The summed E-state index contributed by atoms with van der Waals surface area (Å²) in [5.41, 5.74) is 25.7. The quantitative estimate of drug-likeness (QED) is 0.0161. The number of aliphatic hydroxyl groups is 1. The fraction of sp³-hybridized carbons (Fsp3) is 0.475. The molecule has 0 saturated carbocycles. The summed E-state index contributed by atoms with van der Waals surface area (Å²) in [6, 6.07) is 11.2. The molecule has 0 saturated heterocycles. The van der Waals surface area contributed by atoms with E-state index in [9.17, 15) is 68.1 Å². The van der Waals surface area contributed by atoms with E-state index in [1.54, 1.807) is 48.7 Å². The van der Waals surface area contributed by atoms with Gasteiger partial charge >= 0.3 is 5.97 Å². The number of fused-ring (bicyclic) bond motifs is 1. The van der Waals surface area contributed by atoms with Gasteiger partial charge in [0.15, 0.2) is 0 Å². The average molecular weight is 1280 g/mol. The summed E-state index contributed by atoms with van der Waals surface area (Å²) >= 11 is 5.07. The second-order valence-electron chi connectivity index (χ2n) is 21.2. The number of carboxylic acid groups (broad SMARTS) is 1. The van der Waals surface area contributed by atoms with E-state index in [1.165, 1.54) is 26.1 Å². The third-order valence-electron chi connectivity index (χ3n) is 14.2. The van der Waals surface area contributed by atoms with Gasteiger partial charge in [0.05, 0.1) is 31.0 Å². The number of aliphatic carboxylic acids is 1. The van der Waals surface area contributed by atoms with Gasteiger partial charge in [-0.25, -0.2) is 4.79 Å². The van der Waals surface area contributed by atoms with Gasteiger partial charge in [0.1, 0.15) is 48.0 Å². The lowest BCUT2D eigenvalue weighted by molar-refractivity contribution is -0.146. The molecule has 0 spiro atoms. The topological polar surface area (TPSA) is 468 Å². The highest BCUT2D eigenvalue weighted by atomic mass is 32.2. The molecule has 4 aromatic rings. The minimum absolute atomic E-state index is 0.000174. The highest BCUT2D eigenvalue weighted by Crippen LogP contribution is 2.21. The summed E-state index contributed by atoms with van der Waals surface area (Å²) in [7, 11) is 1.25. The number of para-hydroxylation sites is 1. The Morgan fingerprint density at radius 1 is 0.618 bits per heavy atom. The van der Waals surface area contributed by atoms with Crippen molar-refractivity contribution in [1.82, 2.24) is 52.4 Å². The molecule has 1 heterocycles. The number of aromatic amines is 1. The number of nitrogens with one attached hydrogen (secondary N) is 9. The minimum atomic E-state index is -1.73. The summed E-state index contributed by atoms with van der Waals surface area (Å²) in [6.45, 7) is 0.734. The van der Waals surface area contributed by atoms with Crippen LogP contribution in [0.2, 0.25) is 0 Å². The first-order valence-electron chi connectivity index (χ1n) is 29.0. The molecular weight excluding hydrogens is 1190 g/mol. The minimum Gasteiger partial charge on any atom is -0.508 e. The molecular formula is C59H84N14O14S2. The van der Waals surface area contributed by atoms with E-state index in [4.69, 9.17) is 22.9 Å². The van der Waals surface area contributed by atoms with Gasteiger partial charge in [-0.3, -0.25) is 47.9 Å². The summed E-state index contributed by atoms with van der Waals surface area (Å²) in [5.74, 6) is -9.68. The maximum atomic E-state index is 14.6. The van der Waals surface area contributed by atoms with Gasteiger partial charge in [0.25, 0.3) is 0 Å². The fourth-order valence-corrected chi connectivity index (χ4v) is 10.2. The molecule has 30 heteroatoms. The van der Waals surface area contributed by atoms with E-state index in [0.717, 1.165) is 27.6 Å². The Balaban J connectivity index is 1.40. The lowest BCUT2D eigenvalue weighted by Gasteiger charge is -2.33. The van der Waals surface area contributed by atoms with E-state index < -0.39 is 133 Å². The van der Waals surface area contributed by atoms with Crippen molar-refractivity contribution >= 4 is 100 Å². The molecule has 10 amide bonds. The normalized spacial score (nSPS) is 14.1. The second-order valence-corrected chi connectivity index (χ2v) is 22.6. The number of primary amides is 1. The number of unbranched alkanes of at least 4 members (excludes halogenated alkanes) is 2. The number of thioether (sulfide) groups is 1. The average Bonchev–Trinajstić information content (AvgIpc) is 2.60. The van der Waals surface area contributed by atoms with E-state index in [0.29, 0.717) is 48.9 Å². The number of thiol groups is 1. The van der Waals surface area contributed by atoms with Crippen LogP contribution in [0.4, 0.5) is 0 Å². The van der Waals surface area contributed by atoms with Gasteiger partial charge in [0, 0.05) is 42.7 Å². The Hall–Kier alpha value is -8.29. The van der Waals surface area contributed by atoms with Crippen molar-refractivity contribution in [1.29, 1.82) is 0 Å². The number of phenolic OH excluding ortho intramolecular Hbond substituents is 1. The molecule has 0 aliphatic carbocycles. The predicted molar refractivity (Wildman–Crippen MR) is 336 cm³/mol. The van der Waals surface area contributed by atoms with E-state index in [1.807, 2.05) is 24.3 Å². The number of hydrogen-bond acceptors (Lipinski definition) is 18. The number of aliphatic hydroxyl groups excluding tert-OH is 1. The van der Waals surface area contributed by atoms with Crippen LogP contribution in [0.1, 0.15) is 68.6 Å². The Kier molecular flexibility index (Phi) is 31.4. The number of aromatic hydroxyl groups is 1. The Labute approximate surface area is 525 Å². The number of rotatable bonds is 40. The molecule has 0 aliphatic rings. The number of carbonyl (C=O) groups excluding carboxylic acids is 10. The number of H-pyrrole nitrogens is 1. The molecule has 0 fully saturated rings. The number of carboxylic acids is 1. The van der Waals surface area contributed by atoms with Gasteiger partial charge in [-0.1, -0.05) is 60.7 Å². The van der Waals surface area contributed by atoms with Gasteiger partial charge in [0.2, 0.25) is 59.1 Å². The van der Waals surface area contributed by atoms with Crippen LogP contribution in [0.25, 0.3) is 10.9 Å². The molecule has 3 aromatic carbocycles. The lowest BCUT2D eigenvalue weighted by Crippen LogP contribution is -2.62. The molecule has 1 aromatic heterocycles. The molecule has 89 heavy (non-hydrogen) atoms. The van der Waals surface area contributed by atoms with Crippen LogP contribution in [-0.2, 0) is 72.0 Å². The zero-order valence-corrected chi connectivity index (χ0v) is 51.5. The van der Waals surface area contributed by atoms with Gasteiger partial charge < -0.3 is 90.7 Å². The number of nitrogens with zero attached hydrogens (tertiary/aromatic N) is 1. The Morgan fingerprint density at radius 3 is 1.81 bits per heavy atom. The zero-order valence-electron chi connectivity index (χ0n) is 49.7. The first-order chi connectivity index (χ1) is 42.5. The summed E-state index contributed by atoms with van der Waals surface area (Å²) in [5, 5.41) is 51.9. The van der Waals surface area contributed by atoms with Crippen LogP contribution in [0, 0.1) is 0 Å². The Morgan fingerprint density at radius 2 is 1.18 bits per heavy atom. The third kappa shape index (κ3) is 25.0. The molecule has 0 aliphatic heterocycles. The summed E-state index contributed by atoms with van der Waals surface area (Å²) in [6.07, 6.45) is 1.86. The van der Waals surface area contributed by atoms with Crippen LogP contribution in [0.5, 0.6) is 5.75 Å². The summed E-state index contributed by atoms with van der Waals surface area (Å²) < 4.78 is 0. The van der Waals surface area contributed by atoms with Crippen molar-refractivity contribution < 1.29 is 68.1 Å². The van der Waals surface area contributed by atoms with E-state index in [-0.39, 0.29) is 68.1 Å². The van der Waals surface area contributed by atoms with Crippen molar-refractivity contribution in [2.45, 2.75) is 126 Å². The van der Waals surface area contributed by atoms with Crippen LogP contribution >= 0.6 is 24.4 Å². The number of likely N-dealkylation sites (N-methyl/N-ethyl adjacent to an activating group) is 1. The lowest BCUT2D eigenvalue weighted by atomic mass is 10.0. The number of nitrogens with two attached hydrogens (primary N) is 4. The van der Waals surface area contributed by atoms with Crippen LogP contribution < -0.4 is 65.5 Å². The van der Waals surface area contributed by atoms with Crippen molar-refractivity contribution in [3.05, 3.63) is 102 Å². The number of hydrogen-bond donors (Lipinski definition) is 17. The van der Waals surface area contributed by atoms with Crippen LogP contribution in [0.3, 0.4) is 0 Å². The van der Waals surface area contributed by atoms with Crippen molar-refractivity contribution in [3.63, 3.8) is 0 Å². The fourth-order valence-electron chi connectivity index (χ4n) is 9.13. The molecule has 20 N–H and O–H groups in total. The monoisotopic (exact) mass is 1280 g/mol. The van der Waals surface area contributed by atoms with Crippen LogP contribution in [0.15, 0.2) is 85.1 Å². The smallest absolute Gasteiger partial charge is 0.326 e. The van der Waals surface area contributed by atoms with Crippen LogP contribution in [-0.4, -0.2) is 195 Å². The molecule has 9 atom stereocenters. The van der Waals surface area contributed by atoms with Crippen molar-refractivity contribution in [3.8, 4) is 5.75 Å². The molecule has 486 valence electrons. The maximum Gasteiger partial charge on any atom is 0.326 e. The molecule has 0 radical (unpaired) electrons.